The summed E-state index contributed by atoms with van der Waals surface area (Å²) in [6, 6.07) is 8.31. The fourth-order valence-corrected chi connectivity index (χ4v) is 1.72. The SMILES string of the molecule is CC(N)c1ccccc1I. The molecule has 0 aromatic heterocycles. The van der Waals surface area contributed by atoms with E-state index in [9.17, 15) is 0 Å². The first-order valence-corrected chi connectivity index (χ1v) is 4.29. The van der Waals surface area contributed by atoms with Crippen LogP contribution in [0.1, 0.15) is 18.5 Å². The first kappa shape index (κ1) is 8.01. The molecule has 0 amide bonds. The van der Waals surface area contributed by atoms with E-state index in [4.69, 9.17) is 5.73 Å². The molecule has 1 unspecified atom stereocenters. The van der Waals surface area contributed by atoms with Crippen LogP contribution in [-0.2, 0) is 0 Å². The third-order valence-corrected chi connectivity index (χ3v) is 2.38. The van der Waals surface area contributed by atoms with E-state index in [1.54, 1.807) is 0 Å². The minimum absolute atomic E-state index is 0.146. The predicted octanol–water partition coefficient (Wildman–Crippen LogP) is 2.31. The summed E-state index contributed by atoms with van der Waals surface area (Å²) in [6.07, 6.45) is 0. The second-order valence-corrected chi connectivity index (χ2v) is 3.47. The van der Waals surface area contributed by atoms with E-state index in [0.29, 0.717) is 0 Å². The maximum atomic E-state index is 5.71. The van der Waals surface area contributed by atoms with Gasteiger partial charge < -0.3 is 5.73 Å². The van der Waals surface area contributed by atoms with Gasteiger partial charge in [0.25, 0.3) is 0 Å². The van der Waals surface area contributed by atoms with Crippen LogP contribution in [0.15, 0.2) is 24.3 Å². The molecule has 54 valence electrons. The number of nitrogens with two attached hydrogens (primary N) is 1. The van der Waals surface area contributed by atoms with Crippen molar-refractivity contribution in [3.8, 4) is 0 Å². The topological polar surface area (TPSA) is 26.0 Å². The van der Waals surface area contributed by atoms with Gasteiger partial charge in [-0.25, -0.2) is 0 Å². The lowest BCUT2D eigenvalue weighted by Crippen LogP contribution is -2.06. The first-order chi connectivity index (χ1) is 4.72. The van der Waals surface area contributed by atoms with Gasteiger partial charge in [0, 0.05) is 9.61 Å². The normalized spacial score (nSPS) is 13.1. The molecule has 0 aliphatic carbocycles. The van der Waals surface area contributed by atoms with Crippen molar-refractivity contribution in [2.45, 2.75) is 13.0 Å². The Morgan fingerprint density at radius 2 is 2.00 bits per heavy atom. The number of hydrogen-bond donors (Lipinski definition) is 1. The van der Waals surface area contributed by atoms with Crippen LogP contribution in [0, 0.1) is 3.57 Å². The number of hydrogen-bond acceptors (Lipinski definition) is 1. The van der Waals surface area contributed by atoms with Crippen molar-refractivity contribution >= 4 is 22.6 Å². The third kappa shape index (κ3) is 1.70. The van der Waals surface area contributed by atoms with E-state index >= 15 is 0 Å². The molecule has 0 saturated carbocycles. The summed E-state index contributed by atoms with van der Waals surface area (Å²) in [7, 11) is 0. The average Bonchev–Trinajstić information content (AvgIpc) is 1.88. The zero-order valence-electron chi connectivity index (χ0n) is 5.84. The van der Waals surface area contributed by atoms with Crippen LogP contribution < -0.4 is 5.73 Å². The molecular formula is C8H10IN. The highest BCUT2D eigenvalue weighted by Crippen LogP contribution is 2.16. The van der Waals surface area contributed by atoms with Gasteiger partial charge in [-0.2, -0.15) is 0 Å². The van der Waals surface area contributed by atoms with Crippen molar-refractivity contribution in [3.05, 3.63) is 33.4 Å². The van der Waals surface area contributed by atoms with Crippen molar-refractivity contribution in [3.63, 3.8) is 0 Å². The molecule has 0 bridgehead atoms. The van der Waals surface area contributed by atoms with E-state index in [2.05, 4.69) is 34.7 Å². The second-order valence-electron chi connectivity index (χ2n) is 2.31. The molecule has 0 spiro atoms. The van der Waals surface area contributed by atoms with Crippen LogP contribution in [0.5, 0.6) is 0 Å². The Balaban J connectivity index is 3.03. The summed E-state index contributed by atoms with van der Waals surface area (Å²) in [4.78, 5) is 0. The molecule has 0 saturated heterocycles. The molecule has 1 atom stereocenters. The molecule has 0 fully saturated rings. The van der Waals surface area contributed by atoms with Crippen molar-refractivity contribution in [2.24, 2.45) is 5.73 Å². The third-order valence-electron chi connectivity index (χ3n) is 1.40. The van der Waals surface area contributed by atoms with E-state index in [-0.39, 0.29) is 6.04 Å². The fourth-order valence-electron chi connectivity index (χ4n) is 0.844. The molecule has 0 aliphatic rings. The summed E-state index contributed by atoms with van der Waals surface area (Å²) in [5.74, 6) is 0. The molecule has 0 aliphatic heterocycles. The highest BCUT2D eigenvalue weighted by Gasteiger charge is 2.01. The predicted molar refractivity (Wildman–Crippen MR) is 51.8 cm³/mol. The Morgan fingerprint density at radius 3 is 2.40 bits per heavy atom. The summed E-state index contributed by atoms with van der Waals surface area (Å²) in [5.41, 5.74) is 6.93. The largest absolute Gasteiger partial charge is 0.324 e. The zero-order chi connectivity index (χ0) is 7.56. The van der Waals surface area contributed by atoms with Gasteiger partial charge >= 0.3 is 0 Å². The minimum atomic E-state index is 0.146. The van der Waals surface area contributed by atoms with Gasteiger partial charge in [-0.15, -0.1) is 0 Å². The molecule has 1 aromatic rings. The lowest BCUT2D eigenvalue weighted by molar-refractivity contribution is 0.813. The van der Waals surface area contributed by atoms with E-state index < -0.39 is 0 Å². The molecular weight excluding hydrogens is 237 g/mol. The van der Waals surface area contributed by atoms with Crippen LogP contribution in [0.2, 0.25) is 0 Å². The van der Waals surface area contributed by atoms with E-state index in [1.807, 2.05) is 19.1 Å². The molecule has 1 aromatic carbocycles. The Bertz CT molecular complexity index is 220. The molecule has 2 N–H and O–H groups in total. The maximum Gasteiger partial charge on any atom is 0.0276 e. The quantitative estimate of drug-likeness (QED) is 0.757. The van der Waals surface area contributed by atoms with Crippen LogP contribution in [0.4, 0.5) is 0 Å². The number of rotatable bonds is 1. The summed E-state index contributed by atoms with van der Waals surface area (Å²) >= 11 is 2.30. The van der Waals surface area contributed by atoms with Crippen LogP contribution in [-0.4, -0.2) is 0 Å². The number of halogens is 1. The number of benzene rings is 1. The van der Waals surface area contributed by atoms with Crippen LogP contribution in [0.3, 0.4) is 0 Å². The molecule has 0 heterocycles. The monoisotopic (exact) mass is 247 g/mol. The van der Waals surface area contributed by atoms with Crippen LogP contribution in [0.25, 0.3) is 0 Å². The van der Waals surface area contributed by atoms with Gasteiger partial charge in [-0.05, 0) is 41.1 Å². The van der Waals surface area contributed by atoms with Gasteiger partial charge in [0.15, 0.2) is 0 Å². The van der Waals surface area contributed by atoms with Crippen molar-refractivity contribution in [1.29, 1.82) is 0 Å². The standard InChI is InChI=1S/C8H10IN/c1-6(10)7-4-2-3-5-8(7)9/h2-6H,10H2,1H3. The van der Waals surface area contributed by atoms with Crippen LogP contribution >= 0.6 is 22.6 Å². The summed E-state index contributed by atoms with van der Waals surface area (Å²) in [5, 5.41) is 0. The maximum absolute atomic E-state index is 5.71. The average molecular weight is 247 g/mol. The lowest BCUT2D eigenvalue weighted by atomic mass is 10.1. The molecule has 1 nitrogen and oxygen atoms in total. The van der Waals surface area contributed by atoms with Gasteiger partial charge in [-0.3, -0.25) is 0 Å². The van der Waals surface area contributed by atoms with Gasteiger partial charge in [0.2, 0.25) is 0 Å². The van der Waals surface area contributed by atoms with Gasteiger partial charge in [-0.1, -0.05) is 18.2 Å². The van der Waals surface area contributed by atoms with Crippen molar-refractivity contribution in [1.82, 2.24) is 0 Å². The smallest absolute Gasteiger partial charge is 0.0276 e. The summed E-state index contributed by atoms with van der Waals surface area (Å²) < 4.78 is 1.25. The zero-order valence-corrected chi connectivity index (χ0v) is 8.00. The highest BCUT2D eigenvalue weighted by molar-refractivity contribution is 14.1. The molecule has 0 radical (unpaired) electrons. The lowest BCUT2D eigenvalue weighted by Gasteiger charge is -2.06. The Labute approximate surface area is 74.8 Å². The highest BCUT2D eigenvalue weighted by atomic mass is 127. The molecule has 10 heavy (non-hydrogen) atoms. The molecule has 1 rings (SSSR count). The van der Waals surface area contributed by atoms with Gasteiger partial charge in [0.1, 0.15) is 0 Å². The minimum Gasteiger partial charge on any atom is -0.324 e. The summed E-state index contributed by atoms with van der Waals surface area (Å²) in [6.45, 7) is 2.00. The Hall–Kier alpha value is -0.0900. The fraction of sp³-hybridized carbons (Fsp3) is 0.250. The van der Waals surface area contributed by atoms with E-state index in [1.165, 1.54) is 9.13 Å². The van der Waals surface area contributed by atoms with Crippen molar-refractivity contribution < 1.29 is 0 Å². The molecule has 2 heteroatoms. The Morgan fingerprint density at radius 1 is 1.40 bits per heavy atom. The van der Waals surface area contributed by atoms with E-state index in [0.717, 1.165) is 0 Å². The second kappa shape index (κ2) is 3.34. The first-order valence-electron chi connectivity index (χ1n) is 3.22. The van der Waals surface area contributed by atoms with Crippen molar-refractivity contribution in [2.75, 3.05) is 0 Å². The Kier molecular flexibility index (Phi) is 2.68. The van der Waals surface area contributed by atoms with Gasteiger partial charge in [0.05, 0.1) is 0 Å².